The first-order valence-corrected chi connectivity index (χ1v) is 4.79. The molecule has 1 aliphatic heterocycles. The number of hydrogen-bond acceptors (Lipinski definition) is 2. The van der Waals surface area contributed by atoms with Gasteiger partial charge in [-0.15, -0.1) is 0 Å². The van der Waals surface area contributed by atoms with E-state index in [9.17, 15) is 0 Å². The van der Waals surface area contributed by atoms with E-state index in [1.807, 2.05) is 34.6 Å². The van der Waals surface area contributed by atoms with Crippen molar-refractivity contribution in [2.24, 2.45) is 4.99 Å². The fourth-order valence-corrected chi connectivity index (χ4v) is 0.772. The third-order valence-corrected chi connectivity index (χ3v) is 1.09. The molecule has 1 aliphatic rings. The van der Waals surface area contributed by atoms with Gasteiger partial charge in [-0.1, -0.05) is 27.7 Å². The highest BCUT2D eigenvalue weighted by Crippen LogP contribution is 2.15. The van der Waals surface area contributed by atoms with Crippen LogP contribution in [-0.2, 0) is 4.74 Å². The van der Waals surface area contributed by atoms with Crippen LogP contribution in [0.5, 0.6) is 0 Å². The van der Waals surface area contributed by atoms with Gasteiger partial charge in [0.1, 0.15) is 6.61 Å². The van der Waals surface area contributed by atoms with Crippen LogP contribution in [0.3, 0.4) is 0 Å². The standard InChI is InChI=1S/C6H11NO.2C2H6/c1-5-7-6(2,3)4-8-5;2*1-2/h4H2,1-3H3;2*1-2H3. The fourth-order valence-electron chi connectivity index (χ4n) is 0.772. The van der Waals surface area contributed by atoms with Crippen molar-refractivity contribution in [3.05, 3.63) is 0 Å². The van der Waals surface area contributed by atoms with Crippen LogP contribution in [0.25, 0.3) is 0 Å². The van der Waals surface area contributed by atoms with Gasteiger partial charge in [-0.05, 0) is 13.8 Å². The minimum absolute atomic E-state index is 0.0318. The van der Waals surface area contributed by atoms with Crippen LogP contribution in [0, 0.1) is 0 Å². The Hall–Kier alpha value is -0.530. The van der Waals surface area contributed by atoms with Crippen molar-refractivity contribution >= 4 is 5.90 Å². The molecule has 0 unspecified atom stereocenters. The topological polar surface area (TPSA) is 21.6 Å². The lowest BCUT2D eigenvalue weighted by Crippen LogP contribution is -2.17. The molecule has 0 atom stereocenters. The first kappa shape index (κ1) is 14.0. The van der Waals surface area contributed by atoms with Crippen molar-refractivity contribution in [2.45, 2.75) is 54.0 Å². The van der Waals surface area contributed by atoms with Crippen LogP contribution in [0.15, 0.2) is 4.99 Å². The van der Waals surface area contributed by atoms with E-state index in [1.165, 1.54) is 0 Å². The predicted octanol–water partition coefficient (Wildman–Crippen LogP) is 3.27. The third-order valence-electron chi connectivity index (χ3n) is 1.09. The van der Waals surface area contributed by atoms with Gasteiger partial charge in [0, 0.05) is 6.92 Å². The monoisotopic (exact) mass is 173 g/mol. The number of nitrogens with zero attached hydrogens (tertiary/aromatic N) is 1. The summed E-state index contributed by atoms with van der Waals surface area (Å²) in [5.41, 5.74) is 0.0318. The van der Waals surface area contributed by atoms with Crippen molar-refractivity contribution in [1.82, 2.24) is 0 Å². The van der Waals surface area contributed by atoms with E-state index in [-0.39, 0.29) is 5.54 Å². The molecule has 2 heteroatoms. The molecular formula is C10H23NO. The van der Waals surface area contributed by atoms with Crippen molar-refractivity contribution in [1.29, 1.82) is 0 Å². The highest BCUT2D eigenvalue weighted by Gasteiger charge is 2.23. The molecular weight excluding hydrogens is 150 g/mol. The molecule has 0 bridgehead atoms. The normalized spacial score (nSPS) is 17.4. The zero-order valence-corrected chi connectivity index (χ0v) is 9.56. The van der Waals surface area contributed by atoms with E-state index in [0.717, 1.165) is 12.5 Å². The summed E-state index contributed by atoms with van der Waals surface area (Å²) >= 11 is 0. The number of aliphatic imine (C=N–C) groups is 1. The Kier molecular flexibility index (Phi) is 8.34. The SMILES string of the molecule is CC.CC.CC1=NC(C)(C)CO1. The van der Waals surface area contributed by atoms with Gasteiger partial charge in [0.05, 0.1) is 5.54 Å². The average molecular weight is 173 g/mol. The zero-order valence-electron chi connectivity index (χ0n) is 9.56. The number of rotatable bonds is 0. The Morgan fingerprint density at radius 3 is 1.67 bits per heavy atom. The molecule has 2 nitrogen and oxygen atoms in total. The molecule has 0 aromatic rings. The van der Waals surface area contributed by atoms with E-state index in [1.54, 1.807) is 0 Å². The first-order chi connectivity index (χ1) is 5.60. The Morgan fingerprint density at radius 2 is 1.58 bits per heavy atom. The van der Waals surface area contributed by atoms with Gasteiger partial charge in [-0.25, -0.2) is 4.99 Å². The van der Waals surface area contributed by atoms with Gasteiger partial charge in [-0.2, -0.15) is 0 Å². The molecule has 12 heavy (non-hydrogen) atoms. The van der Waals surface area contributed by atoms with Crippen molar-refractivity contribution in [3.8, 4) is 0 Å². The van der Waals surface area contributed by atoms with E-state index >= 15 is 0 Å². The van der Waals surface area contributed by atoms with Gasteiger partial charge in [0.2, 0.25) is 0 Å². The lowest BCUT2D eigenvalue weighted by atomic mass is 10.1. The Labute approximate surface area is 77.0 Å². The highest BCUT2D eigenvalue weighted by molar-refractivity contribution is 5.75. The van der Waals surface area contributed by atoms with Crippen LogP contribution in [-0.4, -0.2) is 18.0 Å². The largest absolute Gasteiger partial charge is 0.479 e. The summed E-state index contributed by atoms with van der Waals surface area (Å²) in [7, 11) is 0. The minimum atomic E-state index is 0.0318. The van der Waals surface area contributed by atoms with Crippen LogP contribution >= 0.6 is 0 Å². The molecule has 0 aromatic carbocycles. The van der Waals surface area contributed by atoms with E-state index < -0.39 is 0 Å². The predicted molar refractivity (Wildman–Crippen MR) is 55.8 cm³/mol. The van der Waals surface area contributed by atoms with Gasteiger partial charge >= 0.3 is 0 Å². The average Bonchev–Trinajstić information content (AvgIpc) is 2.37. The second-order valence-corrected chi connectivity index (χ2v) is 2.73. The Morgan fingerprint density at radius 1 is 1.17 bits per heavy atom. The summed E-state index contributed by atoms with van der Waals surface area (Å²) in [4.78, 5) is 4.22. The number of hydrogen-bond donors (Lipinski definition) is 0. The molecule has 0 fully saturated rings. The van der Waals surface area contributed by atoms with Crippen LogP contribution in [0.2, 0.25) is 0 Å². The second-order valence-electron chi connectivity index (χ2n) is 2.73. The molecule has 0 N–H and O–H groups in total. The first-order valence-electron chi connectivity index (χ1n) is 4.79. The Balaban J connectivity index is 0. The highest BCUT2D eigenvalue weighted by atomic mass is 16.5. The van der Waals surface area contributed by atoms with Crippen molar-refractivity contribution in [3.63, 3.8) is 0 Å². The minimum Gasteiger partial charge on any atom is -0.479 e. The van der Waals surface area contributed by atoms with Gasteiger partial charge in [0.15, 0.2) is 5.90 Å². The number of ether oxygens (including phenoxy) is 1. The van der Waals surface area contributed by atoms with Crippen molar-refractivity contribution in [2.75, 3.05) is 6.61 Å². The van der Waals surface area contributed by atoms with Gasteiger partial charge < -0.3 is 4.74 Å². The molecule has 0 radical (unpaired) electrons. The molecule has 0 aromatic heterocycles. The summed E-state index contributed by atoms with van der Waals surface area (Å²) in [5.74, 6) is 0.815. The summed E-state index contributed by atoms with van der Waals surface area (Å²) in [6.07, 6.45) is 0. The molecule has 0 aliphatic carbocycles. The van der Waals surface area contributed by atoms with Crippen LogP contribution in [0.4, 0.5) is 0 Å². The zero-order chi connectivity index (χ0) is 10.2. The second kappa shape index (κ2) is 7.14. The molecule has 0 spiro atoms. The molecule has 1 rings (SSSR count). The summed E-state index contributed by atoms with van der Waals surface area (Å²) < 4.78 is 5.12. The molecule has 74 valence electrons. The summed E-state index contributed by atoms with van der Waals surface area (Å²) in [5, 5.41) is 0. The Bertz CT molecular complexity index is 128. The van der Waals surface area contributed by atoms with E-state index in [0.29, 0.717) is 0 Å². The molecule has 0 amide bonds. The van der Waals surface area contributed by atoms with Crippen LogP contribution in [0.1, 0.15) is 48.5 Å². The fraction of sp³-hybridized carbons (Fsp3) is 0.900. The smallest absolute Gasteiger partial charge is 0.180 e. The molecule has 1 heterocycles. The summed E-state index contributed by atoms with van der Waals surface area (Å²) in [6.45, 7) is 14.7. The maximum Gasteiger partial charge on any atom is 0.180 e. The quantitative estimate of drug-likeness (QED) is 0.551. The van der Waals surface area contributed by atoms with Gasteiger partial charge in [0.25, 0.3) is 0 Å². The summed E-state index contributed by atoms with van der Waals surface area (Å²) in [6, 6.07) is 0. The maximum atomic E-state index is 5.12. The van der Waals surface area contributed by atoms with Crippen LogP contribution < -0.4 is 0 Å². The molecule has 0 saturated heterocycles. The van der Waals surface area contributed by atoms with Gasteiger partial charge in [-0.3, -0.25) is 0 Å². The van der Waals surface area contributed by atoms with E-state index in [2.05, 4.69) is 18.8 Å². The van der Waals surface area contributed by atoms with E-state index in [4.69, 9.17) is 4.74 Å². The third kappa shape index (κ3) is 6.20. The lowest BCUT2D eigenvalue weighted by Gasteiger charge is -2.07. The van der Waals surface area contributed by atoms with Crippen molar-refractivity contribution < 1.29 is 4.74 Å². The maximum absolute atomic E-state index is 5.12. The molecule has 0 saturated carbocycles. The lowest BCUT2D eigenvalue weighted by molar-refractivity contribution is 0.277.